The fourth-order valence-electron chi connectivity index (χ4n) is 2.95. The number of imidazole rings is 1. The van der Waals surface area contributed by atoms with Crippen molar-refractivity contribution >= 4 is 11.0 Å². The summed E-state index contributed by atoms with van der Waals surface area (Å²) >= 11 is 0. The molecule has 1 aromatic carbocycles. The van der Waals surface area contributed by atoms with Crippen molar-refractivity contribution in [3.05, 3.63) is 29.1 Å². The molecular formula is C14H16N2O3. The van der Waals surface area contributed by atoms with Gasteiger partial charge in [-0.2, -0.15) is 0 Å². The van der Waals surface area contributed by atoms with E-state index in [9.17, 15) is 5.11 Å². The van der Waals surface area contributed by atoms with E-state index < -0.39 is 6.10 Å². The van der Waals surface area contributed by atoms with Crippen molar-refractivity contribution in [3.63, 3.8) is 0 Å². The topological polar surface area (TPSA) is 56.5 Å². The molecule has 1 aromatic heterocycles. The van der Waals surface area contributed by atoms with Gasteiger partial charge in [0.1, 0.15) is 24.6 Å². The molecule has 3 atom stereocenters. The smallest absolute Gasteiger partial charge is 0.164 e. The second-order valence-electron chi connectivity index (χ2n) is 5.39. The Hall–Kier alpha value is -1.43. The van der Waals surface area contributed by atoms with Gasteiger partial charge in [-0.15, -0.1) is 0 Å². The molecule has 2 aliphatic heterocycles. The summed E-state index contributed by atoms with van der Waals surface area (Å²) in [5, 5.41) is 9.87. The van der Waals surface area contributed by atoms with Crippen molar-refractivity contribution in [1.82, 2.24) is 9.55 Å². The van der Waals surface area contributed by atoms with Crippen LogP contribution < -0.4 is 0 Å². The van der Waals surface area contributed by atoms with E-state index in [0.717, 1.165) is 16.9 Å². The second kappa shape index (κ2) is 3.79. The van der Waals surface area contributed by atoms with Gasteiger partial charge in [0.2, 0.25) is 0 Å². The second-order valence-corrected chi connectivity index (χ2v) is 5.39. The fourth-order valence-corrected chi connectivity index (χ4v) is 2.95. The van der Waals surface area contributed by atoms with Gasteiger partial charge in [0.25, 0.3) is 0 Å². The third-order valence-electron chi connectivity index (χ3n) is 4.14. The number of aliphatic hydroxyl groups is 1. The Kier molecular flexibility index (Phi) is 2.27. The number of ether oxygens (including phenoxy) is 2. The molecule has 0 radical (unpaired) electrons. The van der Waals surface area contributed by atoms with Crippen molar-refractivity contribution in [2.24, 2.45) is 0 Å². The lowest BCUT2D eigenvalue weighted by Crippen LogP contribution is -2.36. The van der Waals surface area contributed by atoms with Crippen molar-refractivity contribution in [3.8, 4) is 0 Å². The first-order valence-corrected chi connectivity index (χ1v) is 6.54. The summed E-state index contributed by atoms with van der Waals surface area (Å²) in [7, 11) is 0. The number of aliphatic hydroxyl groups excluding tert-OH is 1. The van der Waals surface area contributed by atoms with Gasteiger partial charge >= 0.3 is 0 Å². The van der Waals surface area contributed by atoms with E-state index in [1.807, 2.05) is 0 Å². The molecule has 19 heavy (non-hydrogen) atoms. The van der Waals surface area contributed by atoms with Crippen molar-refractivity contribution < 1.29 is 14.6 Å². The molecular weight excluding hydrogens is 244 g/mol. The van der Waals surface area contributed by atoms with Crippen molar-refractivity contribution in [2.75, 3.05) is 6.61 Å². The molecule has 1 saturated heterocycles. The number of benzene rings is 1. The number of aryl methyl sites for hydroxylation is 2. The van der Waals surface area contributed by atoms with E-state index in [2.05, 4.69) is 35.5 Å². The molecule has 0 aliphatic carbocycles. The summed E-state index contributed by atoms with van der Waals surface area (Å²) in [6.07, 6.45) is -1.10. The first kappa shape index (κ1) is 11.4. The summed E-state index contributed by atoms with van der Waals surface area (Å²) in [6.45, 7) is 4.92. The number of hydrogen-bond donors (Lipinski definition) is 1. The lowest BCUT2D eigenvalue weighted by Gasteiger charge is -2.28. The maximum atomic E-state index is 9.87. The van der Waals surface area contributed by atoms with Crippen molar-refractivity contribution in [1.29, 1.82) is 0 Å². The van der Waals surface area contributed by atoms with Gasteiger partial charge in [-0.1, -0.05) is 0 Å². The Morgan fingerprint density at radius 3 is 2.89 bits per heavy atom. The van der Waals surface area contributed by atoms with Crippen LogP contribution in [0.2, 0.25) is 0 Å². The highest BCUT2D eigenvalue weighted by atomic mass is 16.6. The Labute approximate surface area is 110 Å². The van der Waals surface area contributed by atoms with Gasteiger partial charge in [0, 0.05) is 0 Å². The van der Waals surface area contributed by atoms with Crippen LogP contribution in [0.25, 0.3) is 11.0 Å². The Morgan fingerprint density at radius 2 is 2.05 bits per heavy atom. The zero-order valence-corrected chi connectivity index (χ0v) is 11.0. The molecule has 1 fully saturated rings. The van der Waals surface area contributed by atoms with Gasteiger partial charge in [0.15, 0.2) is 6.23 Å². The van der Waals surface area contributed by atoms with Gasteiger partial charge in [0.05, 0.1) is 17.6 Å². The first-order chi connectivity index (χ1) is 9.15. The third-order valence-corrected chi connectivity index (χ3v) is 4.14. The van der Waals surface area contributed by atoms with Crippen LogP contribution in [0.1, 0.15) is 23.2 Å². The minimum absolute atomic E-state index is 0.258. The van der Waals surface area contributed by atoms with Crippen LogP contribution in [-0.4, -0.2) is 33.5 Å². The van der Waals surface area contributed by atoms with E-state index in [-0.39, 0.29) is 12.3 Å². The molecule has 0 bridgehead atoms. The SMILES string of the molecule is Cc1cc2nc3n(c2cc1C)[C@H]1OC[C@@H](O)[C@H]1OC3. The maximum Gasteiger partial charge on any atom is 0.164 e. The fraction of sp³-hybridized carbons (Fsp3) is 0.500. The monoisotopic (exact) mass is 260 g/mol. The number of fused-ring (bicyclic) bond motifs is 5. The first-order valence-electron chi connectivity index (χ1n) is 6.54. The summed E-state index contributed by atoms with van der Waals surface area (Å²) < 4.78 is 13.4. The summed E-state index contributed by atoms with van der Waals surface area (Å²) in [4.78, 5) is 4.62. The maximum absolute atomic E-state index is 9.87. The van der Waals surface area contributed by atoms with Crippen LogP contribution in [0, 0.1) is 13.8 Å². The van der Waals surface area contributed by atoms with Gasteiger partial charge in [-0.3, -0.25) is 4.57 Å². The molecule has 0 amide bonds. The Bertz CT molecular complexity index is 664. The van der Waals surface area contributed by atoms with Crippen LogP contribution >= 0.6 is 0 Å². The molecule has 2 aromatic rings. The van der Waals surface area contributed by atoms with E-state index in [1.54, 1.807) is 0 Å². The van der Waals surface area contributed by atoms with Crippen LogP contribution in [0.5, 0.6) is 0 Å². The minimum Gasteiger partial charge on any atom is -0.388 e. The van der Waals surface area contributed by atoms with Crippen LogP contribution in [0.3, 0.4) is 0 Å². The number of rotatable bonds is 0. The predicted molar refractivity (Wildman–Crippen MR) is 68.8 cm³/mol. The summed E-state index contributed by atoms with van der Waals surface area (Å²) in [6, 6.07) is 4.23. The summed E-state index contributed by atoms with van der Waals surface area (Å²) in [5.74, 6) is 0.871. The molecule has 0 unspecified atom stereocenters. The quantitative estimate of drug-likeness (QED) is 0.778. The Balaban J connectivity index is 1.95. The lowest BCUT2D eigenvalue weighted by molar-refractivity contribution is -0.0969. The van der Waals surface area contributed by atoms with E-state index >= 15 is 0 Å². The van der Waals surface area contributed by atoms with E-state index in [4.69, 9.17) is 9.47 Å². The van der Waals surface area contributed by atoms with Gasteiger partial charge < -0.3 is 14.6 Å². The zero-order chi connectivity index (χ0) is 13.1. The summed E-state index contributed by atoms with van der Waals surface area (Å²) in [5.41, 5.74) is 4.49. The highest BCUT2D eigenvalue weighted by Gasteiger charge is 2.43. The van der Waals surface area contributed by atoms with Crippen LogP contribution in [0.15, 0.2) is 12.1 Å². The van der Waals surface area contributed by atoms with E-state index in [0.29, 0.717) is 13.2 Å². The lowest BCUT2D eigenvalue weighted by atomic mass is 10.1. The molecule has 1 N–H and O–H groups in total. The number of nitrogens with zero attached hydrogens (tertiary/aromatic N) is 2. The molecule has 100 valence electrons. The highest BCUT2D eigenvalue weighted by molar-refractivity contribution is 5.78. The molecule has 5 nitrogen and oxygen atoms in total. The van der Waals surface area contributed by atoms with Crippen molar-refractivity contribution in [2.45, 2.75) is 38.9 Å². The molecule has 3 heterocycles. The molecule has 2 aliphatic rings. The van der Waals surface area contributed by atoms with Crippen LogP contribution in [0.4, 0.5) is 0 Å². The predicted octanol–water partition coefficient (Wildman–Crippen LogP) is 1.44. The molecule has 0 saturated carbocycles. The normalized spacial score (nSPS) is 29.5. The molecule has 5 heteroatoms. The molecule has 4 rings (SSSR count). The zero-order valence-electron chi connectivity index (χ0n) is 11.0. The molecule has 0 spiro atoms. The minimum atomic E-state index is -0.554. The average molecular weight is 260 g/mol. The standard InChI is InChI=1S/C14H16N2O3/c1-7-3-9-10(4-8(7)2)16-12(15-9)6-18-13-11(17)5-19-14(13)16/h3-4,11,13-14,17H,5-6H2,1-2H3/t11-,13-,14+/m1/s1. The van der Waals surface area contributed by atoms with Crippen LogP contribution in [-0.2, 0) is 16.1 Å². The Morgan fingerprint density at radius 1 is 1.26 bits per heavy atom. The highest BCUT2D eigenvalue weighted by Crippen LogP contribution is 2.36. The number of hydrogen-bond acceptors (Lipinski definition) is 4. The van der Waals surface area contributed by atoms with Gasteiger partial charge in [-0.25, -0.2) is 4.98 Å². The average Bonchev–Trinajstić information content (AvgIpc) is 2.91. The van der Waals surface area contributed by atoms with E-state index in [1.165, 1.54) is 11.1 Å². The largest absolute Gasteiger partial charge is 0.388 e. The number of aromatic nitrogens is 2. The third kappa shape index (κ3) is 1.49. The van der Waals surface area contributed by atoms with Gasteiger partial charge in [-0.05, 0) is 37.1 Å².